The van der Waals surface area contributed by atoms with Crippen LogP contribution in [0, 0.1) is 13.8 Å². The number of nitrogens with one attached hydrogen (secondary N) is 1. The number of rotatable bonds is 2. The Kier molecular flexibility index (Phi) is 3.03. The van der Waals surface area contributed by atoms with Crippen LogP contribution in [0.25, 0.3) is 22.5 Å². The van der Waals surface area contributed by atoms with E-state index >= 15 is 0 Å². The van der Waals surface area contributed by atoms with Crippen molar-refractivity contribution in [2.75, 3.05) is 5.73 Å². The molecule has 0 aliphatic heterocycles. The highest BCUT2D eigenvalue weighted by Gasteiger charge is 2.12. The SMILES string of the molecule is Cc1ccc(-c2nc(N)[nH]c2-c2ccc(C)cc2)cc1. The van der Waals surface area contributed by atoms with Gasteiger partial charge < -0.3 is 10.7 Å². The standard InChI is InChI=1S/C17H17N3/c1-11-3-7-13(8-4-11)15-16(20-17(18)19-15)14-9-5-12(2)6-10-14/h3-10H,1-2H3,(H3,18,19,20). The summed E-state index contributed by atoms with van der Waals surface area (Å²) in [6, 6.07) is 16.7. The number of hydrogen-bond donors (Lipinski definition) is 2. The largest absolute Gasteiger partial charge is 0.369 e. The van der Waals surface area contributed by atoms with Gasteiger partial charge in [0.15, 0.2) is 5.95 Å². The first-order chi connectivity index (χ1) is 9.63. The molecule has 0 saturated carbocycles. The molecule has 2 aromatic carbocycles. The van der Waals surface area contributed by atoms with Gasteiger partial charge in [-0.25, -0.2) is 4.98 Å². The van der Waals surface area contributed by atoms with Crippen molar-refractivity contribution < 1.29 is 0 Å². The van der Waals surface area contributed by atoms with Crippen LogP contribution in [0.15, 0.2) is 48.5 Å². The van der Waals surface area contributed by atoms with Crippen molar-refractivity contribution in [3.8, 4) is 22.5 Å². The zero-order valence-corrected chi connectivity index (χ0v) is 11.6. The molecule has 3 nitrogen and oxygen atoms in total. The molecule has 3 rings (SSSR count). The Morgan fingerprint density at radius 1 is 0.800 bits per heavy atom. The van der Waals surface area contributed by atoms with Crippen LogP contribution in [-0.4, -0.2) is 9.97 Å². The number of aryl methyl sites for hydroxylation is 2. The Hall–Kier alpha value is -2.55. The van der Waals surface area contributed by atoms with Gasteiger partial charge in [0, 0.05) is 11.1 Å². The molecule has 0 radical (unpaired) electrons. The highest BCUT2D eigenvalue weighted by molar-refractivity contribution is 5.79. The second kappa shape index (κ2) is 4.85. The molecular weight excluding hydrogens is 246 g/mol. The molecule has 0 bridgehead atoms. The van der Waals surface area contributed by atoms with E-state index in [4.69, 9.17) is 5.73 Å². The first-order valence-electron chi connectivity index (χ1n) is 6.63. The molecule has 1 heterocycles. The van der Waals surface area contributed by atoms with Crippen LogP contribution in [0.5, 0.6) is 0 Å². The van der Waals surface area contributed by atoms with Crippen LogP contribution in [0.1, 0.15) is 11.1 Å². The Labute approximate surface area is 118 Å². The highest BCUT2D eigenvalue weighted by atomic mass is 15.0. The minimum Gasteiger partial charge on any atom is -0.369 e. The predicted octanol–water partition coefficient (Wildman–Crippen LogP) is 3.94. The fourth-order valence-corrected chi connectivity index (χ4v) is 2.24. The summed E-state index contributed by atoms with van der Waals surface area (Å²) < 4.78 is 0. The number of H-pyrrole nitrogens is 1. The van der Waals surface area contributed by atoms with Gasteiger partial charge in [0.2, 0.25) is 0 Å². The number of anilines is 1. The van der Waals surface area contributed by atoms with Crippen LogP contribution >= 0.6 is 0 Å². The van der Waals surface area contributed by atoms with Gasteiger partial charge >= 0.3 is 0 Å². The zero-order valence-electron chi connectivity index (χ0n) is 11.6. The summed E-state index contributed by atoms with van der Waals surface area (Å²) in [7, 11) is 0. The molecule has 0 saturated heterocycles. The van der Waals surface area contributed by atoms with E-state index in [0.717, 1.165) is 22.5 Å². The molecule has 3 heteroatoms. The lowest BCUT2D eigenvalue weighted by Gasteiger charge is -2.04. The summed E-state index contributed by atoms with van der Waals surface area (Å²) in [4.78, 5) is 7.59. The summed E-state index contributed by atoms with van der Waals surface area (Å²) in [5.41, 5.74) is 12.3. The summed E-state index contributed by atoms with van der Waals surface area (Å²) in [5, 5.41) is 0. The van der Waals surface area contributed by atoms with E-state index in [1.165, 1.54) is 11.1 Å². The molecule has 3 N–H and O–H groups in total. The first-order valence-corrected chi connectivity index (χ1v) is 6.63. The molecule has 0 atom stereocenters. The van der Waals surface area contributed by atoms with Crippen LogP contribution in [0.4, 0.5) is 5.95 Å². The Morgan fingerprint density at radius 3 is 1.85 bits per heavy atom. The van der Waals surface area contributed by atoms with Crippen LogP contribution in [-0.2, 0) is 0 Å². The maximum absolute atomic E-state index is 5.85. The van der Waals surface area contributed by atoms with E-state index in [9.17, 15) is 0 Å². The van der Waals surface area contributed by atoms with Crippen LogP contribution in [0.2, 0.25) is 0 Å². The molecule has 0 aliphatic carbocycles. The molecule has 1 aromatic heterocycles. The van der Waals surface area contributed by atoms with Crippen molar-refractivity contribution in [1.29, 1.82) is 0 Å². The van der Waals surface area contributed by atoms with E-state index in [2.05, 4.69) is 72.3 Å². The normalized spacial score (nSPS) is 10.7. The summed E-state index contributed by atoms with van der Waals surface area (Å²) in [5.74, 6) is 0.441. The van der Waals surface area contributed by atoms with Gasteiger partial charge in [0.25, 0.3) is 0 Å². The molecule has 0 fully saturated rings. The van der Waals surface area contributed by atoms with E-state index < -0.39 is 0 Å². The molecule has 0 unspecified atom stereocenters. The predicted molar refractivity (Wildman–Crippen MR) is 83.3 cm³/mol. The molecular formula is C17H17N3. The monoisotopic (exact) mass is 263 g/mol. The summed E-state index contributed by atoms with van der Waals surface area (Å²) in [6.45, 7) is 4.15. The second-order valence-corrected chi connectivity index (χ2v) is 5.08. The topological polar surface area (TPSA) is 54.7 Å². The maximum Gasteiger partial charge on any atom is 0.198 e. The summed E-state index contributed by atoms with van der Waals surface area (Å²) >= 11 is 0. The second-order valence-electron chi connectivity index (χ2n) is 5.08. The molecule has 0 aliphatic rings. The van der Waals surface area contributed by atoms with Crippen LogP contribution in [0.3, 0.4) is 0 Å². The van der Waals surface area contributed by atoms with E-state index in [1.807, 2.05) is 0 Å². The van der Waals surface area contributed by atoms with Gasteiger partial charge in [0.1, 0.15) is 0 Å². The van der Waals surface area contributed by atoms with Crippen molar-refractivity contribution in [3.05, 3.63) is 59.7 Å². The quantitative estimate of drug-likeness (QED) is 0.735. The molecule has 3 aromatic rings. The highest BCUT2D eigenvalue weighted by Crippen LogP contribution is 2.31. The van der Waals surface area contributed by atoms with Crippen molar-refractivity contribution >= 4 is 5.95 Å². The van der Waals surface area contributed by atoms with Gasteiger partial charge in [-0.05, 0) is 13.8 Å². The van der Waals surface area contributed by atoms with E-state index in [-0.39, 0.29) is 0 Å². The number of benzene rings is 2. The van der Waals surface area contributed by atoms with Crippen molar-refractivity contribution in [2.45, 2.75) is 13.8 Å². The molecule has 100 valence electrons. The number of aromatic amines is 1. The third kappa shape index (κ3) is 2.30. The van der Waals surface area contributed by atoms with Crippen molar-refractivity contribution in [1.82, 2.24) is 9.97 Å². The van der Waals surface area contributed by atoms with Crippen LogP contribution < -0.4 is 5.73 Å². The maximum atomic E-state index is 5.85. The lowest BCUT2D eigenvalue weighted by Crippen LogP contribution is -1.85. The summed E-state index contributed by atoms with van der Waals surface area (Å²) in [6.07, 6.45) is 0. The average molecular weight is 263 g/mol. The van der Waals surface area contributed by atoms with Gasteiger partial charge in [-0.15, -0.1) is 0 Å². The number of nitrogens with two attached hydrogens (primary N) is 1. The Balaban J connectivity index is 2.12. The van der Waals surface area contributed by atoms with E-state index in [1.54, 1.807) is 0 Å². The lowest BCUT2D eigenvalue weighted by atomic mass is 10.0. The third-order valence-electron chi connectivity index (χ3n) is 3.39. The fraction of sp³-hybridized carbons (Fsp3) is 0.118. The van der Waals surface area contributed by atoms with Crippen molar-refractivity contribution in [2.24, 2.45) is 0 Å². The Bertz CT molecular complexity index is 659. The number of imidazole rings is 1. The average Bonchev–Trinajstić information content (AvgIpc) is 2.82. The number of aromatic nitrogens is 2. The fourth-order valence-electron chi connectivity index (χ4n) is 2.24. The lowest BCUT2D eigenvalue weighted by molar-refractivity contribution is 1.32. The van der Waals surface area contributed by atoms with Crippen molar-refractivity contribution in [3.63, 3.8) is 0 Å². The first kappa shape index (κ1) is 12.5. The van der Waals surface area contributed by atoms with Gasteiger partial charge in [-0.2, -0.15) is 0 Å². The minimum absolute atomic E-state index is 0.441. The molecule has 20 heavy (non-hydrogen) atoms. The zero-order chi connectivity index (χ0) is 14.1. The smallest absolute Gasteiger partial charge is 0.198 e. The number of nitrogen functional groups attached to an aromatic ring is 1. The number of hydrogen-bond acceptors (Lipinski definition) is 2. The van der Waals surface area contributed by atoms with Gasteiger partial charge in [-0.3, -0.25) is 0 Å². The third-order valence-corrected chi connectivity index (χ3v) is 3.39. The number of nitrogens with zero attached hydrogens (tertiary/aromatic N) is 1. The Morgan fingerprint density at radius 2 is 1.30 bits per heavy atom. The molecule has 0 amide bonds. The van der Waals surface area contributed by atoms with E-state index in [0.29, 0.717) is 5.95 Å². The van der Waals surface area contributed by atoms with Gasteiger partial charge in [0.05, 0.1) is 11.4 Å². The minimum atomic E-state index is 0.441. The van der Waals surface area contributed by atoms with Gasteiger partial charge in [-0.1, -0.05) is 59.7 Å². The molecule has 0 spiro atoms.